The Bertz CT molecular complexity index is 964. The number of hydrazine groups is 3. The van der Waals surface area contributed by atoms with Crippen LogP contribution in [-0.4, -0.2) is 26.5 Å². The van der Waals surface area contributed by atoms with E-state index in [0.29, 0.717) is 13.0 Å². The molecule has 2 aromatic carbocycles. The molecule has 0 radical (unpaired) electrons. The summed E-state index contributed by atoms with van der Waals surface area (Å²) >= 11 is 0. The molecule has 1 aromatic heterocycles. The highest BCUT2D eigenvalue weighted by Crippen LogP contribution is 2.28. The van der Waals surface area contributed by atoms with Crippen LogP contribution < -0.4 is 21.9 Å². The molecule has 0 aliphatic carbocycles. The molecular formula is C23H31N7O. The zero-order valence-corrected chi connectivity index (χ0v) is 17.9. The van der Waals surface area contributed by atoms with Crippen molar-refractivity contribution in [3.63, 3.8) is 0 Å². The van der Waals surface area contributed by atoms with E-state index in [-0.39, 0.29) is 12.8 Å². The molecule has 0 spiro atoms. The van der Waals surface area contributed by atoms with Crippen LogP contribution in [0.4, 0.5) is 0 Å². The van der Waals surface area contributed by atoms with Crippen molar-refractivity contribution in [2.45, 2.75) is 51.7 Å². The molecule has 8 nitrogen and oxygen atoms in total. The molecule has 31 heavy (non-hydrogen) atoms. The Hall–Kier alpha value is -2.62. The number of nitrogens with zero attached hydrogens (tertiary/aromatic N) is 3. The minimum absolute atomic E-state index is 0.0124. The van der Waals surface area contributed by atoms with Crippen LogP contribution in [-0.2, 0) is 19.4 Å². The van der Waals surface area contributed by atoms with Gasteiger partial charge in [0.15, 0.2) is 5.82 Å². The quantitative estimate of drug-likeness (QED) is 0.343. The lowest BCUT2D eigenvalue weighted by Crippen LogP contribution is -2.33. The number of aliphatic hydroxyl groups excluding tert-OH is 1. The van der Waals surface area contributed by atoms with Crippen molar-refractivity contribution < 1.29 is 5.11 Å². The second-order valence-electron chi connectivity index (χ2n) is 7.79. The van der Waals surface area contributed by atoms with Crippen LogP contribution in [0.5, 0.6) is 0 Å². The zero-order chi connectivity index (χ0) is 21.5. The molecule has 0 unspecified atom stereocenters. The van der Waals surface area contributed by atoms with E-state index in [0.717, 1.165) is 48.5 Å². The standard InChI is InChI=1S/C23H31N7O/c1-2-3-9-21-24-22(10-6-15-31)30(27-21)16-17-11-13-18(14-12-17)19-7-4-5-8-20(19)23-25-28-29-26-23/h4-5,7-8,11-14,23,25-26,28-29,31H,2-3,6,9-10,15-16H2,1H3. The van der Waals surface area contributed by atoms with Crippen LogP contribution in [0.1, 0.15) is 55.1 Å². The first-order valence-corrected chi connectivity index (χ1v) is 11.0. The summed E-state index contributed by atoms with van der Waals surface area (Å²) in [5.74, 6) is 1.85. The van der Waals surface area contributed by atoms with Crippen molar-refractivity contribution in [3.8, 4) is 11.1 Å². The van der Waals surface area contributed by atoms with Crippen LogP contribution in [0, 0.1) is 0 Å². The van der Waals surface area contributed by atoms with Gasteiger partial charge in [-0.2, -0.15) is 16.2 Å². The van der Waals surface area contributed by atoms with Crippen LogP contribution in [0.25, 0.3) is 11.1 Å². The maximum absolute atomic E-state index is 9.22. The summed E-state index contributed by atoms with van der Waals surface area (Å²) in [7, 11) is 0. The summed E-state index contributed by atoms with van der Waals surface area (Å²) in [6.45, 7) is 3.03. The van der Waals surface area contributed by atoms with E-state index < -0.39 is 0 Å². The van der Waals surface area contributed by atoms with Crippen LogP contribution in [0.3, 0.4) is 0 Å². The predicted octanol–water partition coefficient (Wildman–Crippen LogP) is 2.38. The summed E-state index contributed by atoms with van der Waals surface area (Å²) in [5, 5.41) is 14.0. The number of hydrogen-bond donors (Lipinski definition) is 5. The lowest BCUT2D eigenvalue weighted by Gasteiger charge is -2.15. The maximum Gasteiger partial charge on any atom is 0.150 e. The fraction of sp³-hybridized carbons (Fsp3) is 0.391. The molecule has 164 valence electrons. The summed E-state index contributed by atoms with van der Waals surface area (Å²) in [6, 6.07) is 17.0. The normalized spacial score (nSPS) is 14.4. The highest BCUT2D eigenvalue weighted by atomic mass is 16.2. The van der Waals surface area contributed by atoms with Gasteiger partial charge < -0.3 is 5.11 Å². The van der Waals surface area contributed by atoms with Gasteiger partial charge in [0.05, 0.1) is 6.54 Å². The minimum atomic E-state index is -0.0124. The van der Waals surface area contributed by atoms with E-state index in [2.05, 4.69) is 71.3 Å². The third-order valence-corrected chi connectivity index (χ3v) is 5.47. The monoisotopic (exact) mass is 421 g/mol. The van der Waals surface area contributed by atoms with Crippen LogP contribution >= 0.6 is 0 Å². The second-order valence-corrected chi connectivity index (χ2v) is 7.79. The molecule has 1 saturated heterocycles. The molecule has 0 amide bonds. The Balaban J connectivity index is 1.52. The van der Waals surface area contributed by atoms with E-state index in [1.54, 1.807) is 0 Å². The van der Waals surface area contributed by atoms with Crippen LogP contribution in [0.15, 0.2) is 48.5 Å². The van der Waals surface area contributed by atoms with Crippen LogP contribution in [0.2, 0.25) is 0 Å². The van der Waals surface area contributed by atoms with Gasteiger partial charge in [-0.05, 0) is 35.1 Å². The molecule has 1 fully saturated rings. The average molecular weight is 422 g/mol. The topological polar surface area (TPSA) is 99.1 Å². The van der Waals surface area contributed by atoms with Gasteiger partial charge in [-0.15, -0.1) is 0 Å². The second kappa shape index (κ2) is 10.6. The first kappa shape index (κ1) is 21.6. The largest absolute Gasteiger partial charge is 0.396 e. The lowest BCUT2D eigenvalue weighted by molar-refractivity contribution is 0.286. The fourth-order valence-corrected chi connectivity index (χ4v) is 3.80. The predicted molar refractivity (Wildman–Crippen MR) is 120 cm³/mol. The summed E-state index contributed by atoms with van der Waals surface area (Å²) < 4.78 is 1.99. The average Bonchev–Trinajstić information content (AvgIpc) is 3.47. The van der Waals surface area contributed by atoms with Crippen molar-refractivity contribution in [3.05, 3.63) is 71.3 Å². The third-order valence-electron chi connectivity index (χ3n) is 5.47. The first-order chi connectivity index (χ1) is 15.3. The minimum Gasteiger partial charge on any atom is -0.396 e. The van der Waals surface area contributed by atoms with Gasteiger partial charge in [-0.3, -0.25) is 0 Å². The highest BCUT2D eigenvalue weighted by Gasteiger charge is 2.18. The summed E-state index contributed by atoms with van der Waals surface area (Å²) in [5.41, 5.74) is 16.8. The molecule has 1 aliphatic heterocycles. The Kier molecular flexibility index (Phi) is 7.39. The molecule has 1 aliphatic rings. The van der Waals surface area contributed by atoms with Gasteiger partial charge in [-0.1, -0.05) is 61.9 Å². The van der Waals surface area contributed by atoms with Crippen molar-refractivity contribution in [2.75, 3.05) is 6.61 Å². The van der Waals surface area contributed by atoms with E-state index in [4.69, 9.17) is 10.1 Å². The zero-order valence-electron chi connectivity index (χ0n) is 17.9. The molecule has 2 heterocycles. The van der Waals surface area contributed by atoms with E-state index in [1.807, 2.05) is 10.7 Å². The SMILES string of the molecule is CCCCc1nc(CCCO)n(Cc2ccc(-c3ccccc3C3NNNN3)cc2)n1. The van der Waals surface area contributed by atoms with Gasteiger partial charge in [0.1, 0.15) is 12.0 Å². The Morgan fingerprint density at radius 3 is 2.48 bits per heavy atom. The van der Waals surface area contributed by atoms with E-state index >= 15 is 0 Å². The van der Waals surface area contributed by atoms with Gasteiger partial charge >= 0.3 is 0 Å². The lowest BCUT2D eigenvalue weighted by atomic mass is 9.97. The summed E-state index contributed by atoms with van der Waals surface area (Å²) in [4.78, 5) is 4.72. The van der Waals surface area contributed by atoms with Gasteiger partial charge in [-0.25, -0.2) is 20.5 Å². The number of aryl methyl sites for hydroxylation is 2. The first-order valence-electron chi connectivity index (χ1n) is 11.0. The van der Waals surface area contributed by atoms with Crippen molar-refractivity contribution in [1.29, 1.82) is 0 Å². The number of aliphatic hydroxyl groups is 1. The number of aromatic nitrogens is 3. The molecule has 0 saturated carbocycles. The van der Waals surface area contributed by atoms with E-state index in [9.17, 15) is 5.11 Å². The number of rotatable bonds is 10. The molecule has 0 atom stereocenters. The van der Waals surface area contributed by atoms with Crippen molar-refractivity contribution in [1.82, 2.24) is 36.7 Å². The molecule has 8 heteroatoms. The van der Waals surface area contributed by atoms with E-state index in [1.165, 1.54) is 11.1 Å². The van der Waals surface area contributed by atoms with Crippen molar-refractivity contribution >= 4 is 0 Å². The molecule has 0 bridgehead atoms. The Morgan fingerprint density at radius 2 is 1.74 bits per heavy atom. The summed E-state index contributed by atoms with van der Waals surface area (Å²) in [6.07, 6.45) is 4.55. The number of hydrogen-bond acceptors (Lipinski definition) is 7. The number of unbranched alkanes of at least 4 members (excludes halogenated alkanes) is 1. The smallest absolute Gasteiger partial charge is 0.150 e. The van der Waals surface area contributed by atoms with Gasteiger partial charge in [0, 0.05) is 19.4 Å². The molecule has 5 N–H and O–H groups in total. The molecule has 3 aromatic rings. The molecule has 4 rings (SSSR count). The highest BCUT2D eigenvalue weighted by molar-refractivity contribution is 5.68. The Labute approximate surface area is 183 Å². The molecular weight excluding hydrogens is 390 g/mol. The maximum atomic E-state index is 9.22. The van der Waals surface area contributed by atoms with Gasteiger partial charge in [0.2, 0.25) is 0 Å². The van der Waals surface area contributed by atoms with Gasteiger partial charge in [0.25, 0.3) is 0 Å². The number of benzene rings is 2. The van der Waals surface area contributed by atoms with Crippen molar-refractivity contribution in [2.24, 2.45) is 0 Å². The fourth-order valence-electron chi connectivity index (χ4n) is 3.80. The third kappa shape index (κ3) is 5.36. The number of nitrogens with one attached hydrogen (secondary N) is 4. The Morgan fingerprint density at radius 1 is 0.968 bits per heavy atom.